The molecular weight excluding hydrogens is 444 g/mol. The van der Waals surface area contributed by atoms with Crippen molar-refractivity contribution in [2.45, 2.75) is 0 Å². The maximum absolute atomic E-state index is 12.8. The summed E-state index contributed by atoms with van der Waals surface area (Å²) in [6.07, 6.45) is 0. The molecule has 0 aliphatic carbocycles. The summed E-state index contributed by atoms with van der Waals surface area (Å²) in [4.78, 5) is 33.7. The lowest BCUT2D eigenvalue weighted by molar-refractivity contribution is 0.0695. The number of aliphatic imine (C=N–C) groups is 1. The van der Waals surface area contributed by atoms with Crippen LogP contribution in [0.3, 0.4) is 0 Å². The number of hydrogen-bond acceptors (Lipinski definition) is 5. The Kier molecular flexibility index (Phi) is 6.03. The first kappa shape index (κ1) is 22.4. The number of nitrogens with zero attached hydrogens (tertiary/aromatic N) is 2. The molecule has 0 bridgehead atoms. The smallest absolute Gasteiger partial charge is 0.335 e. The van der Waals surface area contributed by atoms with Crippen molar-refractivity contribution in [2.24, 2.45) is 4.99 Å². The second-order valence-electron chi connectivity index (χ2n) is 8.33. The van der Waals surface area contributed by atoms with Crippen molar-refractivity contribution in [1.82, 2.24) is 15.2 Å². The SMILES string of the molecule is O=C(O)c1ccc2c(C(=Nc3ccc(C(=O)N4CCNCC4)cc3)c3ccccc3)c(O)[nH]c2c1. The van der Waals surface area contributed by atoms with Gasteiger partial charge in [-0.3, -0.25) is 4.79 Å². The molecule has 5 rings (SSSR count). The number of carbonyl (C=O) groups is 2. The summed E-state index contributed by atoms with van der Waals surface area (Å²) >= 11 is 0. The molecule has 35 heavy (non-hydrogen) atoms. The van der Waals surface area contributed by atoms with Gasteiger partial charge in [-0.05, 0) is 36.4 Å². The molecule has 0 unspecified atom stereocenters. The Morgan fingerprint density at radius 1 is 0.857 bits per heavy atom. The number of fused-ring (bicyclic) bond motifs is 1. The molecule has 0 spiro atoms. The van der Waals surface area contributed by atoms with E-state index < -0.39 is 5.97 Å². The van der Waals surface area contributed by atoms with Gasteiger partial charge in [-0.25, -0.2) is 9.79 Å². The number of H-pyrrole nitrogens is 1. The van der Waals surface area contributed by atoms with Gasteiger partial charge in [-0.1, -0.05) is 36.4 Å². The van der Waals surface area contributed by atoms with Crippen LogP contribution >= 0.6 is 0 Å². The summed E-state index contributed by atoms with van der Waals surface area (Å²) in [6.45, 7) is 2.94. The van der Waals surface area contributed by atoms with Crippen LogP contribution in [0, 0.1) is 0 Å². The van der Waals surface area contributed by atoms with Gasteiger partial charge in [0.1, 0.15) is 0 Å². The van der Waals surface area contributed by atoms with Crippen molar-refractivity contribution in [3.8, 4) is 5.88 Å². The van der Waals surface area contributed by atoms with Crippen LogP contribution < -0.4 is 5.32 Å². The zero-order valence-electron chi connectivity index (χ0n) is 18.9. The number of aromatic nitrogens is 1. The van der Waals surface area contributed by atoms with E-state index >= 15 is 0 Å². The maximum atomic E-state index is 12.8. The molecule has 2 heterocycles. The van der Waals surface area contributed by atoms with Gasteiger partial charge < -0.3 is 25.4 Å². The highest BCUT2D eigenvalue weighted by atomic mass is 16.4. The summed E-state index contributed by atoms with van der Waals surface area (Å²) in [7, 11) is 0. The van der Waals surface area contributed by atoms with Crippen LogP contribution in [-0.4, -0.2) is 63.9 Å². The van der Waals surface area contributed by atoms with Crippen molar-refractivity contribution in [2.75, 3.05) is 26.2 Å². The number of hydrogen-bond donors (Lipinski definition) is 4. The van der Waals surface area contributed by atoms with E-state index in [0.717, 1.165) is 18.7 Å². The van der Waals surface area contributed by atoms with Crippen molar-refractivity contribution in [3.05, 3.63) is 95.1 Å². The summed E-state index contributed by atoms with van der Waals surface area (Å²) in [5.41, 5.74) is 3.63. The van der Waals surface area contributed by atoms with E-state index in [2.05, 4.69) is 10.3 Å². The number of carboxylic acid groups (broad SMARTS) is 1. The summed E-state index contributed by atoms with van der Waals surface area (Å²) in [6, 6.07) is 21.2. The Morgan fingerprint density at radius 3 is 2.23 bits per heavy atom. The van der Waals surface area contributed by atoms with Crippen LogP contribution in [0.1, 0.15) is 31.8 Å². The molecule has 0 radical (unpaired) electrons. The summed E-state index contributed by atoms with van der Waals surface area (Å²) in [5.74, 6) is -1.15. The van der Waals surface area contributed by atoms with Crippen LogP contribution in [0.15, 0.2) is 77.8 Å². The molecule has 1 fully saturated rings. The van der Waals surface area contributed by atoms with Gasteiger partial charge in [-0.15, -0.1) is 0 Å². The average Bonchev–Trinajstić information content (AvgIpc) is 3.23. The Hall–Kier alpha value is -4.43. The van der Waals surface area contributed by atoms with Crippen molar-refractivity contribution < 1.29 is 19.8 Å². The van der Waals surface area contributed by atoms with E-state index in [1.807, 2.05) is 35.2 Å². The Bertz CT molecular complexity index is 1420. The lowest BCUT2D eigenvalue weighted by atomic mass is 10.00. The van der Waals surface area contributed by atoms with E-state index in [1.165, 1.54) is 12.1 Å². The lowest BCUT2D eigenvalue weighted by Gasteiger charge is -2.27. The number of benzene rings is 3. The number of amides is 1. The number of carboxylic acids is 1. The van der Waals surface area contributed by atoms with Gasteiger partial charge in [0.05, 0.1) is 22.5 Å². The predicted octanol–water partition coefficient (Wildman–Crippen LogP) is 3.79. The Labute approximate surface area is 201 Å². The molecule has 8 nitrogen and oxygen atoms in total. The Balaban J connectivity index is 1.56. The summed E-state index contributed by atoms with van der Waals surface area (Å²) < 4.78 is 0. The molecule has 0 saturated carbocycles. The number of aromatic hydroxyl groups is 1. The van der Waals surface area contributed by atoms with Crippen LogP contribution in [0.2, 0.25) is 0 Å². The first-order chi connectivity index (χ1) is 17.0. The van der Waals surface area contributed by atoms with Gasteiger partial charge >= 0.3 is 5.97 Å². The minimum absolute atomic E-state index is 0.00572. The largest absolute Gasteiger partial charge is 0.494 e. The number of carbonyl (C=O) groups excluding carboxylic acids is 1. The minimum atomic E-state index is -1.05. The highest BCUT2D eigenvalue weighted by molar-refractivity contribution is 6.22. The normalized spacial score (nSPS) is 14.3. The molecule has 1 aromatic heterocycles. The van der Waals surface area contributed by atoms with E-state index in [-0.39, 0.29) is 17.4 Å². The van der Waals surface area contributed by atoms with Crippen LogP contribution in [0.25, 0.3) is 10.9 Å². The number of rotatable bonds is 5. The quantitative estimate of drug-likeness (QED) is 0.333. The molecule has 4 N–H and O–H groups in total. The standard InChI is InChI=1S/C27H24N4O4/c32-25-23(21-11-8-19(27(34)35)16-22(21)30-25)24(17-4-2-1-3-5-17)29-20-9-6-18(7-10-20)26(33)31-14-12-28-13-15-31/h1-11,16,28,30,32H,12-15H2,(H,34,35). The molecule has 8 heteroatoms. The second-order valence-corrected chi connectivity index (χ2v) is 8.33. The first-order valence-corrected chi connectivity index (χ1v) is 11.3. The van der Waals surface area contributed by atoms with Crippen molar-refractivity contribution >= 4 is 34.2 Å². The summed E-state index contributed by atoms with van der Waals surface area (Å²) in [5, 5.41) is 24.0. The fourth-order valence-corrected chi connectivity index (χ4v) is 4.27. The Morgan fingerprint density at radius 2 is 1.54 bits per heavy atom. The lowest BCUT2D eigenvalue weighted by Crippen LogP contribution is -2.46. The van der Waals surface area contributed by atoms with E-state index in [0.29, 0.717) is 46.5 Å². The van der Waals surface area contributed by atoms with E-state index in [1.54, 1.807) is 30.3 Å². The monoisotopic (exact) mass is 468 g/mol. The van der Waals surface area contributed by atoms with Gasteiger partial charge in [-0.2, -0.15) is 0 Å². The van der Waals surface area contributed by atoms with Crippen molar-refractivity contribution in [3.63, 3.8) is 0 Å². The third-order valence-electron chi connectivity index (χ3n) is 6.07. The molecule has 4 aromatic rings. The molecule has 1 aliphatic heterocycles. The van der Waals surface area contributed by atoms with Crippen LogP contribution in [-0.2, 0) is 0 Å². The number of nitrogens with one attached hydrogen (secondary N) is 2. The molecule has 0 atom stereocenters. The zero-order chi connectivity index (χ0) is 24.4. The maximum Gasteiger partial charge on any atom is 0.335 e. The van der Waals surface area contributed by atoms with Gasteiger partial charge in [0, 0.05) is 48.2 Å². The average molecular weight is 469 g/mol. The minimum Gasteiger partial charge on any atom is -0.494 e. The van der Waals surface area contributed by atoms with Gasteiger partial charge in [0.2, 0.25) is 0 Å². The molecule has 1 amide bonds. The predicted molar refractivity (Wildman–Crippen MR) is 134 cm³/mol. The number of piperazine rings is 1. The van der Waals surface area contributed by atoms with E-state index in [9.17, 15) is 19.8 Å². The zero-order valence-corrected chi connectivity index (χ0v) is 18.9. The van der Waals surface area contributed by atoms with Crippen LogP contribution in [0.4, 0.5) is 5.69 Å². The van der Waals surface area contributed by atoms with E-state index in [4.69, 9.17) is 4.99 Å². The molecule has 1 saturated heterocycles. The van der Waals surface area contributed by atoms with Crippen molar-refractivity contribution in [1.29, 1.82) is 0 Å². The molecule has 176 valence electrons. The first-order valence-electron chi connectivity index (χ1n) is 11.3. The molecule has 1 aliphatic rings. The van der Waals surface area contributed by atoms with Crippen LogP contribution in [0.5, 0.6) is 5.88 Å². The number of aromatic carboxylic acids is 1. The fraction of sp³-hybridized carbons (Fsp3) is 0.148. The topological polar surface area (TPSA) is 118 Å². The van der Waals surface area contributed by atoms with Gasteiger partial charge in [0.15, 0.2) is 5.88 Å². The number of aromatic amines is 1. The molecule has 3 aromatic carbocycles. The fourth-order valence-electron chi connectivity index (χ4n) is 4.27. The highest BCUT2D eigenvalue weighted by Gasteiger charge is 2.20. The molecular formula is C27H24N4O4. The second kappa shape index (κ2) is 9.44. The highest BCUT2D eigenvalue weighted by Crippen LogP contribution is 2.32. The van der Waals surface area contributed by atoms with Gasteiger partial charge in [0.25, 0.3) is 5.91 Å². The third-order valence-corrected chi connectivity index (χ3v) is 6.07. The third kappa shape index (κ3) is 4.51.